The molecule has 3 heterocycles. The summed E-state index contributed by atoms with van der Waals surface area (Å²) < 4.78 is 31.2. The SMILES string of the molecule is CO[C@@H]1[C@@H](O)[C@H](O)[C@@H](O[C@@H]2[C@@H](O[C@H]3CO[C@H](O)[C@@H](O)[C@@H]3O)OC[C@H](O)[C@H]2O)O[C@H]1C(=O)O. The molecule has 8 N–H and O–H groups in total. The number of hydrogen-bond acceptors (Lipinski definition) is 14. The smallest absolute Gasteiger partial charge is 0.335 e. The summed E-state index contributed by atoms with van der Waals surface area (Å²) in [7, 11) is 1.11. The van der Waals surface area contributed by atoms with E-state index in [1.54, 1.807) is 0 Å². The van der Waals surface area contributed by atoms with Crippen molar-refractivity contribution >= 4 is 5.97 Å². The molecule has 0 amide bonds. The van der Waals surface area contributed by atoms with Crippen molar-refractivity contribution in [2.75, 3.05) is 20.3 Å². The number of rotatable bonds is 6. The number of carboxylic acids is 1. The zero-order chi connectivity index (χ0) is 23.7. The van der Waals surface area contributed by atoms with E-state index in [4.69, 9.17) is 28.4 Å². The zero-order valence-electron chi connectivity index (χ0n) is 16.9. The van der Waals surface area contributed by atoms with Gasteiger partial charge in [-0.3, -0.25) is 0 Å². The number of carbonyl (C=O) groups is 1. The average Bonchev–Trinajstić information content (AvgIpc) is 2.76. The van der Waals surface area contributed by atoms with Crippen molar-refractivity contribution in [1.29, 1.82) is 0 Å². The number of hydrogen-bond donors (Lipinski definition) is 8. The minimum atomic E-state index is -1.82. The lowest BCUT2D eigenvalue weighted by atomic mass is 9.98. The Morgan fingerprint density at radius 3 is 2.09 bits per heavy atom. The molecule has 186 valence electrons. The summed E-state index contributed by atoms with van der Waals surface area (Å²) in [5.41, 5.74) is 0. The maximum Gasteiger partial charge on any atom is 0.335 e. The third kappa shape index (κ3) is 5.05. The highest BCUT2D eigenvalue weighted by atomic mass is 16.8. The molecule has 0 aliphatic carbocycles. The first-order valence-corrected chi connectivity index (χ1v) is 9.78. The summed E-state index contributed by atoms with van der Waals surface area (Å²) >= 11 is 0. The largest absolute Gasteiger partial charge is 0.479 e. The van der Waals surface area contributed by atoms with Crippen LogP contribution in [0.1, 0.15) is 0 Å². The van der Waals surface area contributed by atoms with Crippen molar-refractivity contribution in [3.63, 3.8) is 0 Å². The molecule has 32 heavy (non-hydrogen) atoms. The molecule has 0 spiro atoms. The number of aliphatic carboxylic acids is 1. The molecule has 0 aromatic rings. The fraction of sp³-hybridized carbons (Fsp3) is 0.941. The van der Waals surface area contributed by atoms with Crippen LogP contribution in [0.2, 0.25) is 0 Å². The van der Waals surface area contributed by atoms with Crippen LogP contribution >= 0.6 is 0 Å². The fourth-order valence-corrected chi connectivity index (χ4v) is 3.67. The normalized spacial score (nSPS) is 50.2. The molecular weight excluding hydrogens is 444 g/mol. The average molecular weight is 472 g/mol. The van der Waals surface area contributed by atoms with Gasteiger partial charge in [0.15, 0.2) is 25.0 Å². The van der Waals surface area contributed by atoms with Gasteiger partial charge in [0.2, 0.25) is 0 Å². The Kier molecular flexibility index (Phi) is 8.37. The first kappa shape index (κ1) is 25.6. The molecule has 0 bridgehead atoms. The van der Waals surface area contributed by atoms with E-state index in [9.17, 15) is 45.6 Å². The molecule has 3 fully saturated rings. The molecule has 0 saturated carbocycles. The third-order valence-electron chi connectivity index (χ3n) is 5.54. The van der Waals surface area contributed by atoms with E-state index in [0.717, 1.165) is 7.11 Å². The Morgan fingerprint density at radius 1 is 0.781 bits per heavy atom. The fourth-order valence-electron chi connectivity index (χ4n) is 3.67. The lowest BCUT2D eigenvalue weighted by Crippen LogP contribution is -2.64. The number of methoxy groups -OCH3 is 1. The minimum absolute atomic E-state index is 0.373. The van der Waals surface area contributed by atoms with Gasteiger partial charge in [-0.15, -0.1) is 0 Å². The Bertz CT molecular complexity index is 635. The van der Waals surface area contributed by atoms with Crippen LogP contribution in [0.15, 0.2) is 0 Å². The predicted molar refractivity (Wildman–Crippen MR) is 94.6 cm³/mol. The first-order valence-electron chi connectivity index (χ1n) is 9.78. The van der Waals surface area contributed by atoms with E-state index >= 15 is 0 Å². The minimum Gasteiger partial charge on any atom is -0.479 e. The van der Waals surface area contributed by atoms with Gasteiger partial charge < -0.3 is 69.3 Å². The van der Waals surface area contributed by atoms with Crippen molar-refractivity contribution in [3.8, 4) is 0 Å². The summed E-state index contributed by atoms with van der Waals surface area (Å²) in [6.07, 6.45) is -21.0. The van der Waals surface area contributed by atoms with Crippen LogP contribution in [0.4, 0.5) is 0 Å². The summed E-state index contributed by atoms with van der Waals surface area (Å²) in [6, 6.07) is 0. The van der Waals surface area contributed by atoms with Crippen LogP contribution < -0.4 is 0 Å². The van der Waals surface area contributed by atoms with Gasteiger partial charge >= 0.3 is 5.97 Å². The number of carboxylic acid groups (broad SMARTS) is 1. The Hall–Kier alpha value is -1.05. The van der Waals surface area contributed by atoms with E-state index in [1.165, 1.54) is 0 Å². The molecule has 3 saturated heterocycles. The second kappa shape index (κ2) is 10.5. The topological polar surface area (TPSA) is 234 Å². The molecule has 3 aliphatic heterocycles. The maximum atomic E-state index is 11.5. The molecule has 13 atom stereocenters. The van der Waals surface area contributed by atoms with Gasteiger partial charge in [0.1, 0.15) is 54.9 Å². The highest BCUT2D eigenvalue weighted by Crippen LogP contribution is 2.30. The summed E-state index contributed by atoms with van der Waals surface area (Å²) in [4.78, 5) is 11.5. The Morgan fingerprint density at radius 2 is 1.47 bits per heavy atom. The van der Waals surface area contributed by atoms with Gasteiger partial charge in [0.05, 0.1) is 13.2 Å². The van der Waals surface area contributed by atoms with Crippen LogP contribution in [-0.2, 0) is 33.2 Å². The molecular formula is C17H28O15. The van der Waals surface area contributed by atoms with E-state index < -0.39 is 92.5 Å². The molecule has 0 aromatic carbocycles. The van der Waals surface area contributed by atoms with Crippen molar-refractivity contribution in [2.45, 2.75) is 79.9 Å². The summed E-state index contributed by atoms with van der Waals surface area (Å²) in [6.45, 7) is -0.788. The molecule has 3 rings (SSSR count). The van der Waals surface area contributed by atoms with Gasteiger partial charge in [-0.25, -0.2) is 4.79 Å². The molecule has 15 nitrogen and oxygen atoms in total. The number of aliphatic hydroxyl groups excluding tert-OH is 7. The van der Waals surface area contributed by atoms with Crippen molar-refractivity contribution in [3.05, 3.63) is 0 Å². The van der Waals surface area contributed by atoms with Crippen LogP contribution in [0.3, 0.4) is 0 Å². The van der Waals surface area contributed by atoms with Gasteiger partial charge in [-0.2, -0.15) is 0 Å². The molecule has 3 aliphatic rings. The van der Waals surface area contributed by atoms with Crippen LogP contribution in [0, 0.1) is 0 Å². The van der Waals surface area contributed by atoms with Gasteiger partial charge in [0.25, 0.3) is 0 Å². The van der Waals surface area contributed by atoms with Crippen molar-refractivity contribution in [2.24, 2.45) is 0 Å². The molecule has 0 aromatic heterocycles. The standard InChI is InChI=1S/C17H28O15/c1-27-11-8(21)10(23)16(32-13(11)14(24)25)31-12-6(19)4(18)2-29-17(12)30-5-3-28-15(26)9(22)7(5)20/h4-13,15-23,26H,2-3H2,1H3,(H,24,25)/t4-,5-,6+,7+,8-,9-,10-,11+,12-,13+,15-,16-,17+/m0/s1. The third-order valence-corrected chi connectivity index (χ3v) is 5.54. The highest BCUT2D eigenvalue weighted by Gasteiger charge is 2.52. The highest BCUT2D eigenvalue weighted by molar-refractivity contribution is 5.73. The summed E-state index contributed by atoms with van der Waals surface area (Å²) in [5.74, 6) is -1.51. The Labute approximate surface area is 181 Å². The van der Waals surface area contributed by atoms with Crippen molar-refractivity contribution < 1.29 is 74.1 Å². The summed E-state index contributed by atoms with van der Waals surface area (Å²) in [5, 5.41) is 79.5. The zero-order valence-corrected chi connectivity index (χ0v) is 16.9. The van der Waals surface area contributed by atoms with Crippen molar-refractivity contribution in [1.82, 2.24) is 0 Å². The van der Waals surface area contributed by atoms with E-state index in [0.29, 0.717) is 0 Å². The van der Waals surface area contributed by atoms with Crippen LogP contribution in [-0.4, -0.2) is 147 Å². The van der Waals surface area contributed by atoms with Crippen LogP contribution in [0.25, 0.3) is 0 Å². The number of aliphatic hydroxyl groups is 7. The second-order valence-electron chi connectivity index (χ2n) is 7.68. The van der Waals surface area contributed by atoms with E-state index in [2.05, 4.69) is 0 Å². The van der Waals surface area contributed by atoms with Gasteiger partial charge in [-0.05, 0) is 0 Å². The Balaban J connectivity index is 1.75. The van der Waals surface area contributed by atoms with E-state index in [-0.39, 0.29) is 6.61 Å². The maximum absolute atomic E-state index is 11.5. The first-order chi connectivity index (χ1) is 15.1. The predicted octanol–water partition coefficient (Wildman–Crippen LogP) is -5.55. The van der Waals surface area contributed by atoms with E-state index in [1.807, 2.05) is 0 Å². The lowest BCUT2D eigenvalue weighted by Gasteiger charge is -2.45. The molecule has 0 radical (unpaired) electrons. The van der Waals surface area contributed by atoms with Gasteiger partial charge in [0, 0.05) is 7.11 Å². The number of ether oxygens (including phenoxy) is 6. The quantitative estimate of drug-likeness (QED) is 0.180. The molecule has 15 heteroatoms. The monoisotopic (exact) mass is 472 g/mol. The second-order valence-corrected chi connectivity index (χ2v) is 7.68. The van der Waals surface area contributed by atoms with Gasteiger partial charge in [-0.1, -0.05) is 0 Å². The molecule has 0 unspecified atom stereocenters. The van der Waals surface area contributed by atoms with Crippen LogP contribution in [0.5, 0.6) is 0 Å². The lowest BCUT2D eigenvalue weighted by molar-refractivity contribution is -0.368.